The quantitative estimate of drug-likeness (QED) is 0.0301. The van der Waals surface area contributed by atoms with Gasteiger partial charge in [0.05, 0.1) is 46.2 Å². The second-order valence-electron chi connectivity index (χ2n) is 43.8. The van der Waals surface area contributed by atoms with Gasteiger partial charge in [0, 0.05) is 92.5 Å². The predicted octanol–water partition coefficient (Wildman–Crippen LogP) is 8.29. The van der Waals surface area contributed by atoms with Gasteiger partial charge in [0.1, 0.15) is 171 Å². The molecule has 21 saturated heterocycles. The monoisotopic (exact) mass is 1920 g/mol. The van der Waals surface area contributed by atoms with Crippen LogP contribution in [-0.4, -0.2) is 389 Å². The van der Waals surface area contributed by atoms with Gasteiger partial charge in [0.2, 0.25) is 0 Å². The highest BCUT2D eigenvalue weighted by atomic mass is 16.8. The van der Waals surface area contributed by atoms with E-state index < -0.39 is 215 Å². The Balaban J connectivity index is 1.39. The largest absolute Gasteiger partial charge is 0.387 e. The first-order valence-corrected chi connectivity index (χ1v) is 50.2. The Morgan fingerprint density at radius 2 is 0.248 bits per heavy atom. The predicted molar refractivity (Wildman–Crippen MR) is 488 cm³/mol. The van der Waals surface area contributed by atoms with Gasteiger partial charge in [-0.1, -0.05) is 194 Å². The van der Waals surface area contributed by atoms with E-state index in [2.05, 4.69) is 0 Å². The number of aliphatic hydroxyl groups is 7. The van der Waals surface area contributed by atoms with Crippen LogP contribution in [0, 0.1) is 82.9 Å². The first kappa shape index (κ1) is 117. The summed E-state index contributed by atoms with van der Waals surface area (Å²) >= 11 is 0. The highest BCUT2D eigenvalue weighted by molar-refractivity contribution is 5.04. The summed E-state index contributed by atoms with van der Waals surface area (Å²) in [5, 5.41) is 95.1. The summed E-state index contributed by atoms with van der Waals surface area (Å²) in [4.78, 5) is 0. The molecule has 0 amide bonds. The molecule has 133 heavy (non-hydrogen) atoms. The highest BCUT2D eigenvalue weighted by Gasteiger charge is 2.62. The lowest BCUT2D eigenvalue weighted by Gasteiger charge is -2.52. The summed E-state index contributed by atoms with van der Waals surface area (Å²) in [7, 11) is 0. The minimum atomic E-state index is -1.68. The average molecular weight is 1920 g/mol. The standard InChI is InChI=1S/C98H182O35/c1-50(2)29-106-43-64-78-71(99)85(113-36-57(15)16)92(120-64)128-79-65(44-107-30-51(3)4)122-94(87(72(79)100)115-38-59(19)20)130-81-67(46-109-32-53(7)8)124-96(89(74(81)102)117-40-61(23)24)132-83-69(48-111-34-55(11)12)126-98(91(76(83)104)119-42-63(27)28)133-84-70(49-112-35-56(13)14)125-97(90(77(84)105)118-41-62(25)26)131-82-68(47-110-33-54(9)10)123-95(88(75(82)103)116-39-60(21)22)129-80-66(45-108-31-52(5)6)121-93(127-78)86(73(80)101)114-37-58(17)18/h50-105H,29-49H2,1-28H3. The molecule has 21 heterocycles. The number of ether oxygens (including phenoxy) is 28. The zero-order valence-corrected chi connectivity index (χ0v) is 85.7. The van der Waals surface area contributed by atoms with Crippen LogP contribution in [0.4, 0.5) is 0 Å². The highest BCUT2D eigenvalue weighted by Crippen LogP contribution is 2.43. The Hall–Kier alpha value is -1.40. The second kappa shape index (κ2) is 57.9. The Morgan fingerprint density at radius 1 is 0.150 bits per heavy atom. The van der Waals surface area contributed by atoms with Crippen molar-refractivity contribution in [3.05, 3.63) is 0 Å². The molecule has 0 aromatic heterocycles. The van der Waals surface area contributed by atoms with Crippen molar-refractivity contribution in [2.75, 3.05) is 139 Å². The van der Waals surface area contributed by atoms with Crippen molar-refractivity contribution in [1.29, 1.82) is 0 Å². The van der Waals surface area contributed by atoms with Crippen LogP contribution in [0.15, 0.2) is 0 Å². The van der Waals surface area contributed by atoms with E-state index in [0.29, 0.717) is 0 Å². The van der Waals surface area contributed by atoms with Crippen LogP contribution < -0.4 is 0 Å². The van der Waals surface area contributed by atoms with Gasteiger partial charge < -0.3 is 168 Å². The van der Waals surface area contributed by atoms with E-state index in [-0.39, 0.29) is 222 Å². The molecule has 0 spiro atoms. The molecule has 21 aliphatic rings. The molecule has 0 aliphatic carbocycles. The van der Waals surface area contributed by atoms with Crippen molar-refractivity contribution in [3.63, 3.8) is 0 Å². The van der Waals surface area contributed by atoms with Crippen LogP contribution in [0.3, 0.4) is 0 Å². The van der Waals surface area contributed by atoms with Crippen molar-refractivity contribution in [1.82, 2.24) is 0 Å². The molecule has 784 valence electrons. The first-order valence-electron chi connectivity index (χ1n) is 50.2. The van der Waals surface area contributed by atoms with Gasteiger partial charge >= 0.3 is 0 Å². The molecule has 21 rings (SSSR count). The summed E-state index contributed by atoms with van der Waals surface area (Å²) in [6.45, 7) is 55.9. The van der Waals surface area contributed by atoms with Crippen molar-refractivity contribution >= 4 is 0 Å². The Labute approximate surface area is 795 Å². The van der Waals surface area contributed by atoms with Gasteiger partial charge in [-0.3, -0.25) is 0 Å². The molecular weight excluding hydrogens is 1740 g/mol. The molecule has 7 N–H and O–H groups in total. The zero-order valence-electron chi connectivity index (χ0n) is 85.7. The topological polar surface area (TPSA) is 400 Å². The van der Waals surface area contributed by atoms with Crippen LogP contribution in [0.25, 0.3) is 0 Å². The Bertz CT molecular complexity index is 2500. The van der Waals surface area contributed by atoms with E-state index in [1.165, 1.54) is 0 Å². The maximum Gasteiger partial charge on any atom is 0.187 e. The van der Waals surface area contributed by atoms with E-state index >= 15 is 0 Å². The lowest BCUT2D eigenvalue weighted by Crippen LogP contribution is -2.69. The van der Waals surface area contributed by atoms with Gasteiger partial charge in [-0.25, -0.2) is 0 Å². The van der Waals surface area contributed by atoms with Gasteiger partial charge in [0.15, 0.2) is 44.0 Å². The smallest absolute Gasteiger partial charge is 0.187 e. The lowest BCUT2D eigenvalue weighted by molar-refractivity contribution is -0.404. The minimum Gasteiger partial charge on any atom is -0.387 e. The van der Waals surface area contributed by atoms with Crippen molar-refractivity contribution in [2.24, 2.45) is 82.9 Å². The lowest BCUT2D eigenvalue weighted by atomic mass is 9.94. The van der Waals surface area contributed by atoms with Gasteiger partial charge in [-0.05, 0) is 82.9 Å². The molecule has 0 saturated carbocycles. The fourth-order valence-electron chi connectivity index (χ4n) is 16.5. The third kappa shape index (κ3) is 36.4. The molecule has 21 aliphatic heterocycles. The minimum absolute atomic E-state index is 0.0228. The van der Waals surface area contributed by atoms with E-state index in [4.69, 9.17) is 133 Å². The molecule has 0 aromatic rings. The van der Waals surface area contributed by atoms with Crippen LogP contribution >= 0.6 is 0 Å². The van der Waals surface area contributed by atoms with Gasteiger partial charge in [-0.2, -0.15) is 0 Å². The molecule has 14 bridgehead atoms. The first-order chi connectivity index (χ1) is 62.9. The summed E-state index contributed by atoms with van der Waals surface area (Å²) in [6, 6.07) is 0. The SMILES string of the molecule is CC(C)COCC1OC2OC3C(COCC(C)C)OC(OC4C(COCC(C)C)OC(OC5C(COCC(C)C)OC(OC6C(COCC(C)C)OC(OC7C(COCC(C)C)OC(OC8C(COCC(C)C)OC(OC1C(O)C2OCC(C)C)C(OCC(C)C)C8O)C(OCC(C)C)C7O)C(OCC(C)C)C6O)C(OCC(C)C)C5O)C(OCC(C)C)C4O)C(OCC(C)C)C3O. The number of rotatable bonds is 49. The van der Waals surface area contributed by atoms with E-state index in [0.717, 1.165) is 0 Å². The number of aliphatic hydroxyl groups excluding tert-OH is 7. The second-order valence-corrected chi connectivity index (χ2v) is 43.8. The van der Waals surface area contributed by atoms with E-state index in [1.807, 2.05) is 194 Å². The van der Waals surface area contributed by atoms with Crippen molar-refractivity contribution in [3.8, 4) is 0 Å². The molecule has 0 radical (unpaired) electrons. The normalized spacial score (nSPS) is 37.7. The van der Waals surface area contributed by atoms with Crippen molar-refractivity contribution < 1.29 is 168 Å². The summed E-state index contributed by atoms with van der Waals surface area (Å²) in [5.41, 5.74) is 0. The van der Waals surface area contributed by atoms with E-state index in [9.17, 15) is 35.7 Å². The van der Waals surface area contributed by atoms with Crippen molar-refractivity contribution in [2.45, 2.75) is 409 Å². The number of hydrogen-bond acceptors (Lipinski definition) is 35. The van der Waals surface area contributed by atoms with Crippen LogP contribution in [0.2, 0.25) is 0 Å². The molecule has 35 unspecified atom stereocenters. The molecule has 35 nitrogen and oxygen atoms in total. The fraction of sp³-hybridized carbons (Fsp3) is 1.00. The number of hydrogen-bond donors (Lipinski definition) is 7. The Kier molecular flexibility index (Phi) is 50.9. The third-order valence-corrected chi connectivity index (χ3v) is 22.8. The molecule has 35 heteroatoms. The maximum atomic E-state index is 13.6. The molecular formula is C98H182O35. The summed E-state index contributed by atoms with van der Waals surface area (Å²) < 4.78 is 194. The summed E-state index contributed by atoms with van der Waals surface area (Å²) in [5.74, 6) is -0.729. The molecule has 0 aromatic carbocycles. The van der Waals surface area contributed by atoms with Crippen LogP contribution in [0.1, 0.15) is 194 Å². The zero-order chi connectivity index (χ0) is 97.9. The third-order valence-electron chi connectivity index (χ3n) is 22.8. The van der Waals surface area contributed by atoms with Gasteiger partial charge in [0.25, 0.3) is 0 Å². The summed E-state index contributed by atoms with van der Waals surface area (Å²) in [6.07, 6.45) is -51.2. The Morgan fingerprint density at radius 3 is 0.338 bits per heavy atom. The molecule has 21 fully saturated rings. The van der Waals surface area contributed by atoms with E-state index in [1.54, 1.807) is 0 Å². The van der Waals surface area contributed by atoms with Gasteiger partial charge in [-0.15, -0.1) is 0 Å². The molecule has 35 atom stereocenters. The average Bonchev–Trinajstić information content (AvgIpc) is 0.777. The van der Waals surface area contributed by atoms with Crippen LogP contribution in [0.5, 0.6) is 0 Å². The fourth-order valence-corrected chi connectivity index (χ4v) is 16.5. The maximum absolute atomic E-state index is 13.6. The van der Waals surface area contributed by atoms with Crippen LogP contribution in [-0.2, 0) is 133 Å².